The van der Waals surface area contributed by atoms with E-state index in [2.05, 4.69) is 5.32 Å². The third kappa shape index (κ3) is 3.22. The van der Waals surface area contributed by atoms with Gasteiger partial charge < -0.3 is 15.8 Å². The Balaban J connectivity index is 0.00000200. The van der Waals surface area contributed by atoms with Crippen molar-refractivity contribution in [2.45, 2.75) is 31.2 Å². The van der Waals surface area contributed by atoms with Crippen LogP contribution in [0.4, 0.5) is 5.69 Å². The normalized spacial score (nSPS) is 16.1. The van der Waals surface area contributed by atoms with E-state index in [1.165, 1.54) is 7.11 Å². The Hall–Kier alpha value is -1.75. The second-order valence-electron chi connectivity index (χ2n) is 4.86. The zero-order valence-electron chi connectivity index (χ0n) is 11.3. The number of ether oxygens (including phenoxy) is 1. The molecule has 1 fully saturated rings. The summed E-state index contributed by atoms with van der Waals surface area (Å²) in [5.41, 5.74) is 5.75. The molecule has 0 aliphatic heterocycles. The molecular formula is C14H19ClN2O3. The van der Waals surface area contributed by atoms with Crippen LogP contribution in [-0.4, -0.2) is 24.5 Å². The highest BCUT2D eigenvalue weighted by molar-refractivity contribution is 5.98. The number of anilines is 1. The maximum absolute atomic E-state index is 12.2. The first-order chi connectivity index (χ1) is 9.07. The molecule has 0 aromatic heterocycles. The number of rotatable bonds is 3. The third-order valence-electron chi connectivity index (χ3n) is 3.53. The molecule has 6 heteroatoms. The van der Waals surface area contributed by atoms with Crippen LogP contribution in [-0.2, 0) is 9.53 Å². The molecule has 2 rings (SSSR count). The van der Waals surface area contributed by atoms with E-state index in [0.29, 0.717) is 24.1 Å². The molecule has 1 aromatic carbocycles. The van der Waals surface area contributed by atoms with Crippen LogP contribution in [0.15, 0.2) is 24.3 Å². The number of carbonyl (C=O) groups is 2. The molecule has 0 bridgehead atoms. The highest BCUT2D eigenvalue weighted by atomic mass is 35.5. The van der Waals surface area contributed by atoms with E-state index in [1.54, 1.807) is 24.3 Å². The van der Waals surface area contributed by atoms with E-state index >= 15 is 0 Å². The molecule has 1 aliphatic rings. The average Bonchev–Trinajstić information content (AvgIpc) is 2.87. The fourth-order valence-corrected chi connectivity index (χ4v) is 2.52. The predicted molar refractivity (Wildman–Crippen MR) is 78.8 cm³/mol. The lowest BCUT2D eigenvalue weighted by atomic mass is 9.97. The number of benzene rings is 1. The minimum atomic E-state index is -0.879. The second kappa shape index (κ2) is 6.61. The van der Waals surface area contributed by atoms with Gasteiger partial charge in [-0.05, 0) is 31.0 Å². The van der Waals surface area contributed by atoms with Crippen molar-refractivity contribution in [1.29, 1.82) is 0 Å². The third-order valence-corrected chi connectivity index (χ3v) is 3.53. The van der Waals surface area contributed by atoms with E-state index in [1.807, 2.05) is 0 Å². The summed E-state index contributed by atoms with van der Waals surface area (Å²) < 4.78 is 4.82. The predicted octanol–water partition coefficient (Wildman–Crippen LogP) is 1.91. The van der Waals surface area contributed by atoms with Gasteiger partial charge >= 0.3 is 5.97 Å². The summed E-state index contributed by atoms with van der Waals surface area (Å²) in [6.07, 6.45) is 3.06. The fraction of sp³-hybridized carbons (Fsp3) is 0.429. The van der Waals surface area contributed by atoms with Crippen LogP contribution in [0.5, 0.6) is 0 Å². The zero-order chi connectivity index (χ0) is 13.9. The smallest absolute Gasteiger partial charge is 0.331 e. The standard InChI is InChI=1S/C14H18N2O3.ClH/c1-19-13(18)14(7-2-3-8-14)16-12(17)10-5-4-6-11(15)9-10;/h4-6,9H,2-3,7-8,15H2,1H3,(H,16,17);1H. The molecule has 0 radical (unpaired) electrons. The maximum Gasteiger partial charge on any atom is 0.331 e. The number of esters is 1. The number of nitrogens with two attached hydrogens (primary N) is 1. The van der Waals surface area contributed by atoms with Crippen LogP contribution < -0.4 is 11.1 Å². The monoisotopic (exact) mass is 298 g/mol. The fourth-order valence-electron chi connectivity index (χ4n) is 2.52. The molecule has 5 nitrogen and oxygen atoms in total. The number of amides is 1. The summed E-state index contributed by atoms with van der Waals surface area (Å²) in [5.74, 6) is -0.665. The van der Waals surface area contributed by atoms with Gasteiger partial charge in [-0.25, -0.2) is 4.79 Å². The van der Waals surface area contributed by atoms with Crippen molar-refractivity contribution < 1.29 is 14.3 Å². The Morgan fingerprint density at radius 2 is 1.95 bits per heavy atom. The summed E-state index contributed by atoms with van der Waals surface area (Å²) in [4.78, 5) is 24.1. The molecule has 110 valence electrons. The van der Waals surface area contributed by atoms with Gasteiger partial charge in [-0.2, -0.15) is 0 Å². The van der Waals surface area contributed by atoms with E-state index in [9.17, 15) is 9.59 Å². The molecule has 1 saturated carbocycles. The summed E-state index contributed by atoms with van der Waals surface area (Å²) in [6, 6.07) is 6.69. The SMILES string of the molecule is COC(=O)C1(NC(=O)c2cccc(N)c2)CCCC1.Cl. The first kappa shape index (κ1) is 16.3. The number of hydrogen-bond donors (Lipinski definition) is 2. The Kier molecular flexibility index (Phi) is 5.39. The van der Waals surface area contributed by atoms with Crippen molar-refractivity contribution in [1.82, 2.24) is 5.32 Å². The first-order valence-electron chi connectivity index (χ1n) is 6.34. The van der Waals surface area contributed by atoms with Crippen LogP contribution in [0.1, 0.15) is 36.0 Å². The largest absolute Gasteiger partial charge is 0.467 e. The van der Waals surface area contributed by atoms with Gasteiger partial charge in [0.2, 0.25) is 0 Å². The topological polar surface area (TPSA) is 81.4 Å². The average molecular weight is 299 g/mol. The molecule has 20 heavy (non-hydrogen) atoms. The summed E-state index contributed by atoms with van der Waals surface area (Å²) in [5, 5.41) is 2.82. The quantitative estimate of drug-likeness (QED) is 0.660. The molecular weight excluding hydrogens is 280 g/mol. The van der Waals surface area contributed by atoms with Gasteiger partial charge in [0, 0.05) is 11.3 Å². The van der Waals surface area contributed by atoms with Gasteiger partial charge in [-0.3, -0.25) is 4.79 Å². The Bertz CT molecular complexity index is 499. The van der Waals surface area contributed by atoms with Crippen molar-refractivity contribution in [2.75, 3.05) is 12.8 Å². The van der Waals surface area contributed by atoms with E-state index in [4.69, 9.17) is 10.5 Å². The lowest BCUT2D eigenvalue weighted by Crippen LogP contribution is -2.53. The van der Waals surface area contributed by atoms with E-state index < -0.39 is 5.54 Å². The molecule has 0 atom stereocenters. The lowest BCUT2D eigenvalue weighted by Gasteiger charge is -2.27. The molecule has 3 N–H and O–H groups in total. The lowest BCUT2D eigenvalue weighted by molar-refractivity contribution is -0.148. The van der Waals surface area contributed by atoms with Crippen LogP contribution in [0.25, 0.3) is 0 Å². The van der Waals surface area contributed by atoms with Crippen LogP contribution in [0, 0.1) is 0 Å². The number of nitrogen functional groups attached to an aromatic ring is 1. The molecule has 0 spiro atoms. The second-order valence-corrected chi connectivity index (χ2v) is 4.86. The first-order valence-corrected chi connectivity index (χ1v) is 6.34. The molecule has 1 aromatic rings. The van der Waals surface area contributed by atoms with Crippen LogP contribution in [0.2, 0.25) is 0 Å². The van der Waals surface area contributed by atoms with Gasteiger partial charge in [0.25, 0.3) is 5.91 Å². The van der Waals surface area contributed by atoms with Gasteiger partial charge in [-0.15, -0.1) is 12.4 Å². The van der Waals surface area contributed by atoms with Gasteiger partial charge in [0.05, 0.1) is 7.11 Å². The van der Waals surface area contributed by atoms with Crippen molar-refractivity contribution in [3.63, 3.8) is 0 Å². The Labute approximate surface area is 124 Å². The van der Waals surface area contributed by atoms with Crippen LogP contribution >= 0.6 is 12.4 Å². The number of halogens is 1. The van der Waals surface area contributed by atoms with Crippen molar-refractivity contribution in [2.24, 2.45) is 0 Å². The molecule has 0 saturated heterocycles. The van der Waals surface area contributed by atoms with E-state index in [0.717, 1.165) is 12.8 Å². The van der Waals surface area contributed by atoms with Crippen molar-refractivity contribution in [3.05, 3.63) is 29.8 Å². The number of carbonyl (C=O) groups excluding carboxylic acids is 2. The van der Waals surface area contributed by atoms with Gasteiger partial charge in [0.15, 0.2) is 0 Å². The van der Waals surface area contributed by atoms with Crippen molar-refractivity contribution in [3.8, 4) is 0 Å². The number of methoxy groups -OCH3 is 1. The summed E-state index contributed by atoms with van der Waals surface area (Å²) >= 11 is 0. The highest BCUT2D eigenvalue weighted by Crippen LogP contribution is 2.31. The summed E-state index contributed by atoms with van der Waals surface area (Å²) in [6.45, 7) is 0. The number of hydrogen-bond acceptors (Lipinski definition) is 4. The van der Waals surface area contributed by atoms with Gasteiger partial charge in [-0.1, -0.05) is 18.9 Å². The molecule has 0 heterocycles. The Morgan fingerprint density at radius 3 is 2.50 bits per heavy atom. The minimum Gasteiger partial charge on any atom is -0.467 e. The minimum absolute atomic E-state index is 0. The highest BCUT2D eigenvalue weighted by Gasteiger charge is 2.43. The zero-order valence-corrected chi connectivity index (χ0v) is 12.2. The number of nitrogens with one attached hydrogen (secondary N) is 1. The van der Waals surface area contributed by atoms with Crippen LogP contribution in [0.3, 0.4) is 0 Å². The Morgan fingerprint density at radius 1 is 1.30 bits per heavy atom. The molecule has 1 aliphatic carbocycles. The molecule has 1 amide bonds. The van der Waals surface area contributed by atoms with E-state index in [-0.39, 0.29) is 24.3 Å². The van der Waals surface area contributed by atoms with Crippen molar-refractivity contribution >= 4 is 30.0 Å². The maximum atomic E-state index is 12.2. The summed E-state index contributed by atoms with van der Waals surface area (Å²) in [7, 11) is 1.34. The molecule has 0 unspecified atom stereocenters. The van der Waals surface area contributed by atoms with Gasteiger partial charge in [0.1, 0.15) is 5.54 Å².